The van der Waals surface area contributed by atoms with Crippen LogP contribution < -0.4 is 11.1 Å². The van der Waals surface area contributed by atoms with Crippen molar-refractivity contribution in [1.29, 1.82) is 0 Å². The number of anilines is 1. The van der Waals surface area contributed by atoms with Crippen LogP contribution in [-0.2, 0) is 23.8 Å². The molecule has 3 atom stereocenters. The number of rotatable bonds is 13. The molecule has 0 unspecified atom stereocenters. The third-order valence-electron chi connectivity index (χ3n) is 10.4. The van der Waals surface area contributed by atoms with Crippen LogP contribution in [0.25, 0.3) is 11.0 Å². The molecule has 0 bridgehead atoms. The highest BCUT2D eigenvalue weighted by molar-refractivity contribution is 6.00. The number of fused-ring (bicyclic) bond motifs is 1. The van der Waals surface area contributed by atoms with Gasteiger partial charge in [0.15, 0.2) is 0 Å². The smallest absolute Gasteiger partial charge is 0.374 e. The van der Waals surface area contributed by atoms with E-state index in [-0.39, 0.29) is 48.0 Å². The van der Waals surface area contributed by atoms with Crippen LogP contribution in [0.3, 0.4) is 0 Å². The van der Waals surface area contributed by atoms with Gasteiger partial charge in [0.05, 0.1) is 12.7 Å². The summed E-state index contributed by atoms with van der Waals surface area (Å²) in [6.07, 6.45) is 8.24. The van der Waals surface area contributed by atoms with Crippen LogP contribution in [0.2, 0.25) is 0 Å². The number of methoxy groups -OCH3 is 1. The molecule has 2 saturated carbocycles. The van der Waals surface area contributed by atoms with E-state index in [9.17, 15) is 18.8 Å². The summed E-state index contributed by atoms with van der Waals surface area (Å²) in [6, 6.07) is 5.80. The molecule has 2 aliphatic carbocycles. The van der Waals surface area contributed by atoms with Crippen molar-refractivity contribution in [1.82, 2.24) is 4.90 Å². The Bertz CT molecular complexity index is 1320. The molecule has 1 aromatic heterocycles. The number of ether oxygens (including phenoxy) is 3. The van der Waals surface area contributed by atoms with Gasteiger partial charge < -0.3 is 34.6 Å². The van der Waals surface area contributed by atoms with Gasteiger partial charge in [0.25, 0.3) is 0 Å². The van der Waals surface area contributed by atoms with E-state index in [1.807, 2.05) is 11.8 Å². The number of alkyl halides is 1. The van der Waals surface area contributed by atoms with Crippen molar-refractivity contribution in [3.63, 3.8) is 0 Å². The number of benzene rings is 1. The number of nitrogens with zero attached hydrogens (tertiary/aromatic N) is 1. The maximum Gasteiger partial charge on any atom is 0.374 e. The molecule has 2 amide bonds. The lowest BCUT2D eigenvalue weighted by Crippen LogP contribution is -2.50. The Hall–Kier alpha value is -3.02. The summed E-state index contributed by atoms with van der Waals surface area (Å²) in [5, 5.41) is 3.75. The number of carbonyl (C=O) groups is 3. The lowest BCUT2D eigenvalue weighted by atomic mass is 9.75. The van der Waals surface area contributed by atoms with Crippen molar-refractivity contribution >= 4 is 34.4 Å². The molecule has 2 aromatic rings. The number of hydrogen-bond donors (Lipinski definition) is 2. The highest BCUT2D eigenvalue weighted by Gasteiger charge is 2.47. The lowest BCUT2D eigenvalue weighted by Gasteiger charge is -2.37. The van der Waals surface area contributed by atoms with E-state index in [0.717, 1.165) is 44.9 Å². The average Bonchev–Trinajstić information content (AvgIpc) is 3.72. The molecular weight excluding hydrogens is 593 g/mol. The third-order valence-corrected chi connectivity index (χ3v) is 10.4. The van der Waals surface area contributed by atoms with Crippen LogP contribution in [0.1, 0.15) is 81.7 Å². The van der Waals surface area contributed by atoms with Gasteiger partial charge in [-0.2, -0.15) is 0 Å². The fourth-order valence-electron chi connectivity index (χ4n) is 7.78. The highest BCUT2D eigenvalue weighted by atomic mass is 19.1. The first kappa shape index (κ1) is 34.3. The minimum absolute atomic E-state index is 0.0233. The number of likely N-dealkylation sites (tertiary alicyclic amines) is 1. The minimum atomic E-state index is -0.579. The number of carbonyl (C=O) groups excluding carboxylic acids is 3. The first-order valence-corrected chi connectivity index (χ1v) is 17.1. The van der Waals surface area contributed by atoms with Crippen LogP contribution in [0.5, 0.6) is 0 Å². The Morgan fingerprint density at radius 2 is 1.80 bits per heavy atom. The molecular formula is C35H50FN3O7. The number of esters is 1. The second-order valence-corrected chi connectivity index (χ2v) is 13.2. The van der Waals surface area contributed by atoms with E-state index in [1.54, 1.807) is 31.4 Å². The monoisotopic (exact) mass is 643 g/mol. The first-order chi connectivity index (χ1) is 22.3. The summed E-state index contributed by atoms with van der Waals surface area (Å²) in [6.45, 7) is 3.27. The summed E-state index contributed by atoms with van der Waals surface area (Å²) < 4.78 is 35.1. The van der Waals surface area contributed by atoms with Crippen molar-refractivity contribution in [3.8, 4) is 0 Å². The van der Waals surface area contributed by atoms with Gasteiger partial charge in [-0.3, -0.25) is 9.59 Å². The zero-order chi connectivity index (χ0) is 32.6. The summed E-state index contributed by atoms with van der Waals surface area (Å²) in [4.78, 5) is 42.4. The molecule has 46 heavy (non-hydrogen) atoms. The van der Waals surface area contributed by atoms with E-state index in [4.69, 9.17) is 24.4 Å². The second kappa shape index (κ2) is 16.2. The third kappa shape index (κ3) is 8.09. The van der Waals surface area contributed by atoms with Gasteiger partial charge >= 0.3 is 5.97 Å². The number of amides is 2. The van der Waals surface area contributed by atoms with E-state index in [1.165, 1.54) is 0 Å². The molecule has 0 spiro atoms. The zero-order valence-corrected chi connectivity index (χ0v) is 27.2. The predicted molar refractivity (Wildman–Crippen MR) is 172 cm³/mol. The molecule has 0 radical (unpaired) electrons. The quantitative estimate of drug-likeness (QED) is 0.217. The summed E-state index contributed by atoms with van der Waals surface area (Å²) in [7, 11) is 1.75. The Labute approximate surface area is 270 Å². The molecule has 1 saturated heterocycles. The van der Waals surface area contributed by atoms with Crippen molar-refractivity contribution in [2.24, 2.45) is 29.4 Å². The molecule has 3 aliphatic rings. The Kier molecular flexibility index (Phi) is 12.1. The van der Waals surface area contributed by atoms with Gasteiger partial charge in [0, 0.05) is 56.3 Å². The molecule has 3 N–H and O–H groups in total. The fraction of sp³-hybridized carbons (Fsp3) is 0.686. The largest absolute Gasteiger partial charge is 0.460 e. The first-order valence-electron chi connectivity index (χ1n) is 17.1. The number of nitrogens with two attached hydrogens (primary N) is 1. The molecule has 254 valence electrons. The van der Waals surface area contributed by atoms with Gasteiger partial charge in [0.1, 0.15) is 18.3 Å². The lowest BCUT2D eigenvalue weighted by molar-refractivity contribution is -0.142. The molecule has 11 heteroatoms. The number of halogens is 1. The van der Waals surface area contributed by atoms with Gasteiger partial charge in [-0.05, 0) is 107 Å². The van der Waals surface area contributed by atoms with E-state index < -0.39 is 24.7 Å². The van der Waals surface area contributed by atoms with Crippen molar-refractivity contribution in [2.45, 2.75) is 89.3 Å². The van der Waals surface area contributed by atoms with Crippen LogP contribution >= 0.6 is 0 Å². The Morgan fingerprint density at radius 1 is 1.04 bits per heavy atom. The Morgan fingerprint density at radius 3 is 2.50 bits per heavy atom. The number of hydrogen-bond acceptors (Lipinski definition) is 8. The van der Waals surface area contributed by atoms with Gasteiger partial charge in [-0.15, -0.1) is 0 Å². The average molecular weight is 644 g/mol. The minimum Gasteiger partial charge on any atom is -0.460 e. The molecule has 1 aromatic carbocycles. The van der Waals surface area contributed by atoms with E-state index in [0.29, 0.717) is 61.6 Å². The highest BCUT2D eigenvalue weighted by Crippen LogP contribution is 2.42. The van der Waals surface area contributed by atoms with E-state index in [2.05, 4.69) is 5.32 Å². The maximum absolute atomic E-state index is 14.1. The van der Waals surface area contributed by atoms with Crippen molar-refractivity contribution in [3.05, 3.63) is 30.0 Å². The molecule has 3 fully saturated rings. The summed E-state index contributed by atoms with van der Waals surface area (Å²) in [5.74, 6) is -0.333. The van der Waals surface area contributed by atoms with Gasteiger partial charge in [-0.25, -0.2) is 9.18 Å². The Balaban J connectivity index is 1.28. The number of nitrogens with one attached hydrogen (secondary N) is 1. The SMILES string of the molecule is CCOCCCOC(=O)c1cc2cc(NC(=O)[C@@H]3[C@H](C4CCC(OC)CC4)CCN3C(=O)[C@H]3CC[C@H]([C@H](N)CF)CC3)ccc2o1. The van der Waals surface area contributed by atoms with Gasteiger partial charge in [0.2, 0.25) is 17.6 Å². The fourth-order valence-corrected chi connectivity index (χ4v) is 7.78. The molecule has 10 nitrogen and oxygen atoms in total. The maximum atomic E-state index is 14.1. The van der Waals surface area contributed by atoms with Gasteiger partial charge in [-0.1, -0.05) is 0 Å². The molecule has 2 heterocycles. The van der Waals surface area contributed by atoms with Crippen LogP contribution in [0, 0.1) is 23.7 Å². The van der Waals surface area contributed by atoms with Crippen LogP contribution in [-0.4, -0.2) is 81.0 Å². The second-order valence-electron chi connectivity index (χ2n) is 13.2. The predicted octanol–water partition coefficient (Wildman–Crippen LogP) is 5.48. The van der Waals surface area contributed by atoms with Crippen LogP contribution in [0.4, 0.5) is 10.1 Å². The van der Waals surface area contributed by atoms with Crippen LogP contribution in [0.15, 0.2) is 28.7 Å². The number of furan rings is 1. The van der Waals surface area contributed by atoms with Crippen molar-refractivity contribution in [2.75, 3.05) is 45.5 Å². The van der Waals surface area contributed by atoms with E-state index >= 15 is 0 Å². The summed E-state index contributed by atoms with van der Waals surface area (Å²) >= 11 is 0. The van der Waals surface area contributed by atoms with Crippen molar-refractivity contribution < 1.29 is 37.4 Å². The zero-order valence-electron chi connectivity index (χ0n) is 27.2. The summed E-state index contributed by atoms with van der Waals surface area (Å²) in [5.41, 5.74) is 7.04. The standard InChI is InChI=1S/C35H50FN3O7/c1-3-44-17-4-18-45-35(42)31-20-25-19-26(11-14-30(25)46-31)38-33(40)32-28(22-9-12-27(43-2)13-10-22)15-16-39(32)34(41)24-7-5-23(6-8-24)29(37)21-36/h11,14,19-20,22-24,27-29,32H,3-10,12-13,15-18,21,37H2,1-2H3,(H,38,40)/t22?,23-,24-,27?,28-,29+,32-/m0/s1. The molecule has 5 rings (SSSR count). The molecule has 1 aliphatic heterocycles. The normalized spacial score (nSPS) is 27.4. The topological polar surface area (TPSA) is 133 Å².